The maximum atomic E-state index is 6.11. The highest BCUT2D eigenvalue weighted by molar-refractivity contribution is 9.10. The lowest BCUT2D eigenvalue weighted by Gasteiger charge is -2.45. The van der Waals surface area contributed by atoms with E-state index >= 15 is 0 Å². The van der Waals surface area contributed by atoms with Gasteiger partial charge in [0.05, 0.1) is 6.10 Å². The predicted molar refractivity (Wildman–Crippen MR) is 86.7 cm³/mol. The molecule has 0 radical (unpaired) electrons. The number of hydrogen-bond donors (Lipinski definition) is 1. The van der Waals surface area contributed by atoms with Gasteiger partial charge in [-0.2, -0.15) is 0 Å². The van der Waals surface area contributed by atoms with Crippen LogP contribution in [0.3, 0.4) is 0 Å². The third-order valence-electron chi connectivity index (χ3n) is 4.72. The zero-order valence-electron chi connectivity index (χ0n) is 12.4. The molecule has 0 saturated heterocycles. The molecule has 2 N–H and O–H groups in total. The van der Waals surface area contributed by atoms with Gasteiger partial charge in [0.25, 0.3) is 0 Å². The van der Waals surface area contributed by atoms with Gasteiger partial charge in [0.2, 0.25) is 0 Å². The Kier molecular flexibility index (Phi) is 5.61. The van der Waals surface area contributed by atoms with Crippen LogP contribution in [-0.2, 0) is 11.3 Å². The van der Waals surface area contributed by atoms with E-state index < -0.39 is 0 Å². The fourth-order valence-corrected chi connectivity index (χ4v) is 3.40. The minimum atomic E-state index is 0.127. The van der Waals surface area contributed by atoms with Gasteiger partial charge in [0, 0.05) is 30.2 Å². The van der Waals surface area contributed by atoms with Crippen LogP contribution in [0.4, 0.5) is 0 Å². The number of benzene rings is 1. The quantitative estimate of drug-likeness (QED) is 0.894. The Morgan fingerprint density at radius 1 is 1.30 bits per heavy atom. The summed E-state index contributed by atoms with van der Waals surface area (Å²) in [5.74, 6) is 0. The first-order valence-corrected chi connectivity index (χ1v) is 8.07. The molecule has 1 aliphatic carbocycles. The van der Waals surface area contributed by atoms with Crippen LogP contribution in [0.25, 0.3) is 0 Å². The van der Waals surface area contributed by atoms with Crippen LogP contribution in [-0.4, -0.2) is 37.2 Å². The van der Waals surface area contributed by atoms with Crippen LogP contribution in [0, 0.1) is 0 Å². The van der Waals surface area contributed by atoms with Crippen LogP contribution in [0.2, 0.25) is 0 Å². The van der Waals surface area contributed by atoms with Crippen molar-refractivity contribution in [1.29, 1.82) is 0 Å². The van der Waals surface area contributed by atoms with Gasteiger partial charge >= 0.3 is 0 Å². The lowest BCUT2D eigenvalue weighted by molar-refractivity contribution is 0.000502. The average Bonchev–Trinajstić information content (AvgIpc) is 2.49. The Labute approximate surface area is 130 Å². The van der Waals surface area contributed by atoms with E-state index in [0.29, 0.717) is 6.10 Å². The molecule has 1 fully saturated rings. The van der Waals surface area contributed by atoms with Crippen molar-refractivity contribution >= 4 is 15.9 Å². The summed E-state index contributed by atoms with van der Waals surface area (Å²) in [5, 5.41) is 0. The molecule has 1 aromatic carbocycles. The molecule has 4 heteroatoms. The third kappa shape index (κ3) is 3.61. The summed E-state index contributed by atoms with van der Waals surface area (Å²) >= 11 is 3.48. The van der Waals surface area contributed by atoms with Crippen molar-refractivity contribution in [2.75, 3.05) is 20.7 Å². The van der Waals surface area contributed by atoms with Crippen molar-refractivity contribution in [3.8, 4) is 0 Å². The maximum absolute atomic E-state index is 6.11. The first-order chi connectivity index (χ1) is 9.59. The van der Waals surface area contributed by atoms with Crippen molar-refractivity contribution in [2.24, 2.45) is 5.73 Å². The molecular formula is C16H25BrN2O. The summed E-state index contributed by atoms with van der Waals surface area (Å²) in [5.41, 5.74) is 7.57. The number of halogens is 1. The molecule has 3 nitrogen and oxygen atoms in total. The first-order valence-electron chi connectivity index (χ1n) is 7.28. The molecule has 0 unspecified atom stereocenters. The minimum Gasteiger partial charge on any atom is -0.381 e. The Balaban J connectivity index is 2.02. The molecule has 0 atom stereocenters. The molecule has 1 aliphatic rings. The van der Waals surface area contributed by atoms with E-state index in [1.54, 1.807) is 0 Å². The second kappa shape index (κ2) is 7.03. The predicted octanol–water partition coefficient (Wildman–Crippen LogP) is 3.17. The summed E-state index contributed by atoms with van der Waals surface area (Å²) < 4.78 is 6.60. The Bertz CT molecular complexity index is 413. The number of methoxy groups -OCH3 is 1. The zero-order valence-corrected chi connectivity index (χ0v) is 14.0. The lowest BCUT2D eigenvalue weighted by Crippen LogP contribution is -2.54. The Hall–Kier alpha value is -0.420. The van der Waals surface area contributed by atoms with Crippen molar-refractivity contribution in [3.63, 3.8) is 0 Å². The normalized spacial score (nSPS) is 26.9. The number of ether oxygens (including phenoxy) is 1. The van der Waals surface area contributed by atoms with E-state index in [-0.39, 0.29) is 5.54 Å². The van der Waals surface area contributed by atoms with E-state index in [1.165, 1.54) is 5.56 Å². The molecule has 0 spiro atoms. The van der Waals surface area contributed by atoms with Crippen molar-refractivity contribution < 1.29 is 4.74 Å². The molecule has 0 bridgehead atoms. The highest BCUT2D eigenvalue weighted by Crippen LogP contribution is 2.34. The smallest absolute Gasteiger partial charge is 0.0572 e. The standard InChI is InChI=1S/C16H25BrN2O/c1-19(11-13-3-5-14(17)6-4-13)16(12-18)9-7-15(20-2)8-10-16/h3-6,15H,7-12,18H2,1-2H3. The van der Waals surface area contributed by atoms with Gasteiger partial charge in [-0.15, -0.1) is 0 Å². The van der Waals surface area contributed by atoms with Crippen LogP contribution >= 0.6 is 15.9 Å². The van der Waals surface area contributed by atoms with E-state index in [2.05, 4.69) is 52.1 Å². The summed E-state index contributed by atoms with van der Waals surface area (Å²) in [4.78, 5) is 2.43. The SMILES string of the molecule is COC1CCC(CN)(N(C)Cc2ccc(Br)cc2)CC1. The fraction of sp³-hybridized carbons (Fsp3) is 0.625. The molecule has 0 aliphatic heterocycles. The summed E-state index contributed by atoms with van der Waals surface area (Å²) in [6.45, 7) is 1.67. The Morgan fingerprint density at radius 2 is 1.90 bits per heavy atom. The van der Waals surface area contributed by atoms with Gasteiger partial charge in [0.1, 0.15) is 0 Å². The van der Waals surface area contributed by atoms with Crippen LogP contribution in [0.15, 0.2) is 28.7 Å². The first kappa shape index (κ1) is 16.0. The van der Waals surface area contributed by atoms with E-state index in [0.717, 1.165) is 43.2 Å². The molecule has 112 valence electrons. The number of rotatable bonds is 5. The summed E-state index contributed by atoms with van der Waals surface area (Å²) in [7, 11) is 4.01. The van der Waals surface area contributed by atoms with Gasteiger partial charge in [0.15, 0.2) is 0 Å². The Morgan fingerprint density at radius 3 is 2.40 bits per heavy atom. The average molecular weight is 341 g/mol. The van der Waals surface area contributed by atoms with Gasteiger partial charge in [-0.25, -0.2) is 0 Å². The van der Waals surface area contributed by atoms with Crippen molar-refractivity contribution in [2.45, 2.75) is 43.9 Å². The summed E-state index contributed by atoms with van der Waals surface area (Å²) in [6, 6.07) is 8.54. The largest absolute Gasteiger partial charge is 0.381 e. The third-order valence-corrected chi connectivity index (χ3v) is 5.25. The molecule has 1 saturated carbocycles. The number of hydrogen-bond acceptors (Lipinski definition) is 3. The molecule has 0 heterocycles. The second-order valence-corrected chi connectivity index (χ2v) is 6.76. The minimum absolute atomic E-state index is 0.127. The summed E-state index contributed by atoms with van der Waals surface area (Å²) in [6.07, 6.45) is 4.87. The molecule has 0 aromatic heterocycles. The number of nitrogens with zero attached hydrogens (tertiary/aromatic N) is 1. The topological polar surface area (TPSA) is 38.5 Å². The molecule has 2 rings (SSSR count). The van der Waals surface area contributed by atoms with Crippen molar-refractivity contribution in [3.05, 3.63) is 34.3 Å². The van der Waals surface area contributed by atoms with Crippen LogP contribution < -0.4 is 5.73 Å². The van der Waals surface area contributed by atoms with Gasteiger partial charge < -0.3 is 10.5 Å². The van der Waals surface area contributed by atoms with Crippen LogP contribution in [0.1, 0.15) is 31.2 Å². The molecule has 0 amide bonds. The van der Waals surface area contributed by atoms with Gasteiger partial charge in [-0.05, 0) is 50.4 Å². The van der Waals surface area contributed by atoms with Crippen molar-refractivity contribution in [1.82, 2.24) is 4.90 Å². The second-order valence-electron chi connectivity index (χ2n) is 5.85. The monoisotopic (exact) mass is 340 g/mol. The maximum Gasteiger partial charge on any atom is 0.0572 e. The molecular weight excluding hydrogens is 316 g/mol. The number of likely N-dealkylation sites (N-methyl/N-ethyl adjacent to an activating group) is 1. The molecule has 1 aromatic rings. The molecule has 20 heavy (non-hydrogen) atoms. The number of nitrogens with two attached hydrogens (primary N) is 1. The zero-order chi connectivity index (χ0) is 14.6. The fourth-order valence-electron chi connectivity index (χ4n) is 3.14. The van der Waals surface area contributed by atoms with E-state index in [4.69, 9.17) is 10.5 Å². The highest BCUT2D eigenvalue weighted by atomic mass is 79.9. The van der Waals surface area contributed by atoms with E-state index in [1.807, 2.05) is 7.11 Å². The van der Waals surface area contributed by atoms with E-state index in [9.17, 15) is 0 Å². The highest BCUT2D eigenvalue weighted by Gasteiger charge is 2.37. The van der Waals surface area contributed by atoms with Gasteiger partial charge in [-0.3, -0.25) is 4.90 Å². The lowest BCUT2D eigenvalue weighted by atomic mass is 9.79. The van der Waals surface area contributed by atoms with Crippen LogP contribution in [0.5, 0.6) is 0 Å². The van der Waals surface area contributed by atoms with Gasteiger partial charge in [-0.1, -0.05) is 28.1 Å².